The number of carbonyl (C=O) groups is 1. The van der Waals surface area contributed by atoms with Crippen LogP contribution in [0.4, 0.5) is 5.69 Å². The summed E-state index contributed by atoms with van der Waals surface area (Å²) in [5, 5.41) is 0. The number of anilines is 1. The second kappa shape index (κ2) is 6.43. The van der Waals surface area contributed by atoms with E-state index in [0.29, 0.717) is 18.0 Å². The standard InChI is InChI=1S/C15H14BrNO3/c1-19-15(18)14-12(17)6-3-7-13(14)20-9-10-4-2-5-11(16)8-10/h2-8H,9,17H2,1H3. The van der Waals surface area contributed by atoms with Gasteiger partial charge in [0.05, 0.1) is 7.11 Å². The first-order chi connectivity index (χ1) is 9.61. The highest BCUT2D eigenvalue weighted by atomic mass is 79.9. The second-order valence-corrected chi connectivity index (χ2v) is 5.05. The van der Waals surface area contributed by atoms with Gasteiger partial charge in [0.2, 0.25) is 0 Å². The minimum Gasteiger partial charge on any atom is -0.488 e. The summed E-state index contributed by atoms with van der Waals surface area (Å²) in [5.74, 6) is -0.0934. The fraction of sp³-hybridized carbons (Fsp3) is 0.133. The van der Waals surface area contributed by atoms with E-state index in [4.69, 9.17) is 15.2 Å². The highest BCUT2D eigenvalue weighted by Crippen LogP contribution is 2.26. The average Bonchev–Trinajstić information content (AvgIpc) is 2.44. The number of ether oxygens (including phenoxy) is 2. The fourth-order valence-electron chi connectivity index (χ4n) is 1.78. The largest absolute Gasteiger partial charge is 0.488 e. The maximum atomic E-state index is 11.7. The Morgan fingerprint density at radius 3 is 2.70 bits per heavy atom. The van der Waals surface area contributed by atoms with Crippen molar-refractivity contribution in [2.24, 2.45) is 0 Å². The molecule has 104 valence electrons. The van der Waals surface area contributed by atoms with Crippen molar-refractivity contribution in [1.29, 1.82) is 0 Å². The molecule has 0 spiro atoms. The number of nitrogens with two attached hydrogens (primary N) is 1. The van der Waals surface area contributed by atoms with Gasteiger partial charge >= 0.3 is 5.97 Å². The van der Waals surface area contributed by atoms with Crippen molar-refractivity contribution in [3.8, 4) is 5.75 Å². The minimum atomic E-state index is -0.507. The van der Waals surface area contributed by atoms with Crippen LogP contribution in [0.3, 0.4) is 0 Å². The van der Waals surface area contributed by atoms with Crippen LogP contribution in [0, 0.1) is 0 Å². The lowest BCUT2D eigenvalue weighted by molar-refractivity contribution is 0.0597. The third kappa shape index (κ3) is 3.30. The Labute approximate surface area is 125 Å². The monoisotopic (exact) mass is 335 g/mol. The van der Waals surface area contributed by atoms with Gasteiger partial charge in [0.1, 0.15) is 17.9 Å². The van der Waals surface area contributed by atoms with E-state index in [1.165, 1.54) is 7.11 Å². The van der Waals surface area contributed by atoms with E-state index in [-0.39, 0.29) is 5.56 Å². The molecule has 0 aliphatic carbocycles. The van der Waals surface area contributed by atoms with Crippen molar-refractivity contribution in [2.45, 2.75) is 6.61 Å². The number of carbonyl (C=O) groups excluding carboxylic acids is 1. The number of benzene rings is 2. The van der Waals surface area contributed by atoms with Gasteiger partial charge in [-0.15, -0.1) is 0 Å². The normalized spacial score (nSPS) is 10.1. The molecule has 0 saturated carbocycles. The van der Waals surface area contributed by atoms with Gasteiger partial charge in [-0.1, -0.05) is 34.1 Å². The molecular formula is C15H14BrNO3. The predicted molar refractivity (Wildman–Crippen MR) is 80.7 cm³/mol. The molecule has 0 heterocycles. The smallest absolute Gasteiger partial charge is 0.343 e. The third-order valence-corrected chi connectivity index (χ3v) is 3.22. The molecule has 4 nitrogen and oxygen atoms in total. The van der Waals surface area contributed by atoms with Crippen molar-refractivity contribution in [2.75, 3.05) is 12.8 Å². The van der Waals surface area contributed by atoms with Gasteiger partial charge in [-0.3, -0.25) is 0 Å². The maximum absolute atomic E-state index is 11.7. The number of rotatable bonds is 4. The maximum Gasteiger partial charge on any atom is 0.343 e. The highest BCUT2D eigenvalue weighted by Gasteiger charge is 2.16. The van der Waals surface area contributed by atoms with Gasteiger partial charge in [-0.25, -0.2) is 4.79 Å². The van der Waals surface area contributed by atoms with E-state index in [1.54, 1.807) is 18.2 Å². The van der Waals surface area contributed by atoms with Gasteiger partial charge in [-0.2, -0.15) is 0 Å². The molecule has 0 unspecified atom stereocenters. The summed E-state index contributed by atoms with van der Waals surface area (Å²) in [6.45, 7) is 0.340. The topological polar surface area (TPSA) is 61.5 Å². The average molecular weight is 336 g/mol. The Hall–Kier alpha value is -2.01. The van der Waals surface area contributed by atoms with Gasteiger partial charge in [0.15, 0.2) is 0 Å². The molecular weight excluding hydrogens is 322 g/mol. The molecule has 2 rings (SSSR count). The summed E-state index contributed by atoms with van der Waals surface area (Å²) in [7, 11) is 1.31. The zero-order chi connectivity index (χ0) is 14.5. The number of halogens is 1. The van der Waals surface area contributed by atoms with Gasteiger partial charge in [0, 0.05) is 10.2 Å². The zero-order valence-corrected chi connectivity index (χ0v) is 12.5. The van der Waals surface area contributed by atoms with Crippen molar-refractivity contribution < 1.29 is 14.3 Å². The lowest BCUT2D eigenvalue weighted by Gasteiger charge is -2.12. The molecule has 5 heteroatoms. The first kappa shape index (κ1) is 14.4. The molecule has 0 aliphatic heterocycles. The van der Waals surface area contributed by atoms with Crippen molar-refractivity contribution in [3.05, 3.63) is 58.1 Å². The molecule has 0 atom stereocenters. The van der Waals surface area contributed by atoms with E-state index in [1.807, 2.05) is 24.3 Å². The van der Waals surface area contributed by atoms with Crippen LogP contribution in [0.25, 0.3) is 0 Å². The summed E-state index contributed by atoms with van der Waals surface area (Å²) in [6.07, 6.45) is 0. The summed E-state index contributed by atoms with van der Waals surface area (Å²) >= 11 is 3.40. The van der Waals surface area contributed by atoms with Crippen molar-refractivity contribution in [3.63, 3.8) is 0 Å². The van der Waals surface area contributed by atoms with Crippen LogP contribution in [0.2, 0.25) is 0 Å². The SMILES string of the molecule is COC(=O)c1c(N)cccc1OCc1cccc(Br)c1. The molecule has 0 amide bonds. The quantitative estimate of drug-likeness (QED) is 0.687. The first-order valence-electron chi connectivity index (χ1n) is 5.96. The molecule has 2 aromatic carbocycles. The summed E-state index contributed by atoms with van der Waals surface area (Å²) in [4.78, 5) is 11.7. The van der Waals surface area contributed by atoms with Crippen molar-refractivity contribution in [1.82, 2.24) is 0 Å². The van der Waals surface area contributed by atoms with Crippen LogP contribution < -0.4 is 10.5 Å². The Morgan fingerprint density at radius 1 is 1.25 bits per heavy atom. The summed E-state index contributed by atoms with van der Waals surface area (Å²) < 4.78 is 11.4. The molecule has 2 aromatic rings. The summed E-state index contributed by atoms with van der Waals surface area (Å²) in [5.41, 5.74) is 7.38. The number of methoxy groups -OCH3 is 1. The van der Waals surface area contributed by atoms with Crippen LogP contribution in [-0.4, -0.2) is 13.1 Å². The molecule has 0 bridgehead atoms. The molecule has 0 fully saturated rings. The zero-order valence-electron chi connectivity index (χ0n) is 10.9. The number of hydrogen-bond acceptors (Lipinski definition) is 4. The van der Waals surface area contributed by atoms with E-state index in [2.05, 4.69) is 15.9 Å². The molecule has 20 heavy (non-hydrogen) atoms. The van der Waals surface area contributed by atoms with E-state index < -0.39 is 5.97 Å². The Bertz CT molecular complexity index is 628. The third-order valence-electron chi connectivity index (χ3n) is 2.73. The van der Waals surface area contributed by atoms with Crippen LogP contribution in [-0.2, 0) is 11.3 Å². The predicted octanol–water partition coefficient (Wildman–Crippen LogP) is 3.40. The minimum absolute atomic E-state index is 0.255. The van der Waals surface area contributed by atoms with Gasteiger partial charge < -0.3 is 15.2 Å². The number of esters is 1. The van der Waals surface area contributed by atoms with Crippen LogP contribution in [0.5, 0.6) is 5.75 Å². The Kier molecular flexibility index (Phi) is 4.63. The Morgan fingerprint density at radius 2 is 2.00 bits per heavy atom. The second-order valence-electron chi connectivity index (χ2n) is 4.13. The summed E-state index contributed by atoms with van der Waals surface area (Å²) in [6, 6.07) is 12.8. The number of nitrogen functional groups attached to an aromatic ring is 1. The molecule has 0 saturated heterocycles. The van der Waals surface area contributed by atoms with Crippen LogP contribution in [0.1, 0.15) is 15.9 Å². The fourth-order valence-corrected chi connectivity index (χ4v) is 2.22. The lowest BCUT2D eigenvalue weighted by Crippen LogP contribution is -2.09. The van der Waals surface area contributed by atoms with E-state index in [9.17, 15) is 4.79 Å². The number of hydrogen-bond donors (Lipinski definition) is 1. The molecule has 0 radical (unpaired) electrons. The Balaban J connectivity index is 2.21. The van der Waals surface area contributed by atoms with E-state index in [0.717, 1.165) is 10.0 Å². The molecule has 2 N–H and O–H groups in total. The molecule has 0 aromatic heterocycles. The van der Waals surface area contributed by atoms with Crippen molar-refractivity contribution >= 4 is 27.6 Å². The van der Waals surface area contributed by atoms with Gasteiger partial charge in [-0.05, 0) is 29.8 Å². The lowest BCUT2D eigenvalue weighted by atomic mass is 10.1. The van der Waals surface area contributed by atoms with Crippen LogP contribution >= 0.6 is 15.9 Å². The van der Waals surface area contributed by atoms with Crippen LogP contribution in [0.15, 0.2) is 46.9 Å². The van der Waals surface area contributed by atoms with Gasteiger partial charge in [0.25, 0.3) is 0 Å². The van der Waals surface area contributed by atoms with E-state index >= 15 is 0 Å². The molecule has 0 aliphatic rings. The first-order valence-corrected chi connectivity index (χ1v) is 6.75. The highest BCUT2D eigenvalue weighted by molar-refractivity contribution is 9.10.